The van der Waals surface area contributed by atoms with Gasteiger partial charge in [0.15, 0.2) is 0 Å². The highest BCUT2D eigenvalue weighted by molar-refractivity contribution is 5.69. The van der Waals surface area contributed by atoms with Crippen LogP contribution in [0.2, 0.25) is 0 Å². The number of amides is 1. The number of carbonyl (C=O) groups excluding carboxylic acids is 1. The number of nitrogens with zero attached hydrogens (tertiary/aromatic N) is 1. The normalized spacial score (nSPS) is 20.1. The number of nitrogens with one attached hydrogen (secondary N) is 1. The highest BCUT2D eigenvalue weighted by Gasteiger charge is 2.31. The van der Waals surface area contributed by atoms with Crippen molar-refractivity contribution in [3.8, 4) is 5.75 Å². The Hall–Kier alpha value is -1.91. The van der Waals surface area contributed by atoms with E-state index in [2.05, 4.69) is 11.4 Å². The summed E-state index contributed by atoms with van der Waals surface area (Å²) in [5, 5.41) is 3.46. The fraction of sp³-hybridized carbons (Fsp3) is 0.611. The van der Waals surface area contributed by atoms with Gasteiger partial charge < -0.3 is 19.7 Å². The minimum atomic E-state index is -0.447. The largest absolute Gasteiger partial charge is 0.493 e. The number of carbonyl (C=O) groups is 1. The van der Waals surface area contributed by atoms with Gasteiger partial charge in [-0.25, -0.2) is 4.79 Å². The molecule has 2 aliphatic rings. The molecule has 5 nitrogen and oxygen atoms in total. The quantitative estimate of drug-likeness (QED) is 0.927. The number of anilines is 1. The number of rotatable bonds is 3. The van der Waals surface area contributed by atoms with Crippen LogP contribution in [0.15, 0.2) is 18.2 Å². The van der Waals surface area contributed by atoms with Crippen LogP contribution in [0.25, 0.3) is 0 Å². The van der Waals surface area contributed by atoms with Crippen LogP contribution < -0.4 is 10.1 Å². The molecule has 23 heavy (non-hydrogen) atoms. The van der Waals surface area contributed by atoms with Crippen molar-refractivity contribution in [2.45, 2.75) is 51.7 Å². The number of ether oxygens (including phenoxy) is 2. The van der Waals surface area contributed by atoms with Crippen molar-refractivity contribution in [3.05, 3.63) is 23.8 Å². The van der Waals surface area contributed by atoms with Gasteiger partial charge in [-0.05, 0) is 57.4 Å². The van der Waals surface area contributed by atoms with Gasteiger partial charge in [0.05, 0.1) is 12.6 Å². The van der Waals surface area contributed by atoms with E-state index in [0.29, 0.717) is 0 Å². The summed E-state index contributed by atoms with van der Waals surface area (Å²) in [5.41, 5.74) is 1.90. The summed E-state index contributed by atoms with van der Waals surface area (Å²) in [7, 11) is 0. The Bertz CT molecular complexity index is 580. The van der Waals surface area contributed by atoms with E-state index in [9.17, 15) is 4.79 Å². The molecule has 2 heterocycles. The molecule has 1 fully saturated rings. The van der Waals surface area contributed by atoms with Crippen LogP contribution >= 0.6 is 0 Å². The molecule has 0 radical (unpaired) electrons. The van der Waals surface area contributed by atoms with E-state index in [4.69, 9.17) is 9.47 Å². The average Bonchev–Trinajstić information content (AvgIpc) is 3.11. The minimum absolute atomic E-state index is 0.189. The third-order valence-electron chi connectivity index (χ3n) is 4.24. The molecule has 2 aliphatic heterocycles. The SMILES string of the molecule is CC(C)(C)OC(=O)N1CCCC1CNc1ccc2c(c1)CCO2. The van der Waals surface area contributed by atoms with Crippen molar-refractivity contribution in [2.24, 2.45) is 0 Å². The maximum absolute atomic E-state index is 12.3. The van der Waals surface area contributed by atoms with Crippen molar-refractivity contribution in [3.63, 3.8) is 0 Å². The topological polar surface area (TPSA) is 50.8 Å². The Kier molecular flexibility index (Phi) is 4.37. The van der Waals surface area contributed by atoms with Crippen LogP contribution in [0.3, 0.4) is 0 Å². The number of hydrogen-bond donors (Lipinski definition) is 1. The minimum Gasteiger partial charge on any atom is -0.493 e. The molecular weight excluding hydrogens is 292 g/mol. The van der Waals surface area contributed by atoms with Gasteiger partial charge in [0.25, 0.3) is 0 Å². The first-order valence-corrected chi connectivity index (χ1v) is 8.41. The zero-order chi connectivity index (χ0) is 16.4. The van der Waals surface area contributed by atoms with E-state index in [0.717, 1.165) is 50.4 Å². The summed E-state index contributed by atoms with van der Waals surface area (Å²) in [5.74, 6) is 0.992. The van der Waals surface area contributed by atoms with E-state index in [1.165, 1.54) is 5.56 Å². The van der Waals surface area contributed by atoms with Gasteiger partial charge in [0.1, 0.15) is 11.4 Å². The Morgan fingerprint density at radius 3 is 3.04 bits per heavy atom. The van der Waals surface area contributed by atoms with Gasteiger partial charge in [-0.15, -0.1) is 0 Å². The number of benzene rings is 1. The second kappa shape index (κ2) is 6.30. The summed E-state index contributed by atoms with van der Waals surface area (Å²) < 4.78 is 11.0. The molecule has 0 bridgehead atoms. The Morgan fingerprint density at radius 2 is 2.26 bits per heavy atom. The number of hydrogen-bond acceptors (Lipinski definition) is 4. The van der Waals surface area contributed by atoms with Crippen LogP contribution in [-0.4, -0.2) is 42.3 Å². The van der Waals surface area contributed by atoms with Gasteiger partial charge in [0, 0.05) is 25.2 Å². The second-order valence-electron chi connectivity index (χ2n) is 7.27. The van der Waals surface area contributed by atoms with Crippen molar-refractivity contribution in [2.75, 3.05) is 25.0 Å². The molecule has 1 unspecified atom stereocenters. The average molecular weight is 318 g/mol. The van der Waals surface area contributed by atoms with Gasteiger partial charge >= 0.3 is 6.09 Å². The van der Waals surface area contributed by atoms with E-state index in [1.807, 2.05) is 37.8 Å². The smallest absolute Gasteiger partial charge is 0.410 e. The van der Waals surface area contributed by atoms with Crippen molar-refractivity contribution in [1.82, 2.24) is 4.90 Å². The molecular formula is C18H26N2O3. The highest BCUT2D eigenvalue weighted by atomic mass is 16.6. The summed E-state index contributed by atoms with van der Waals surface area (Å²) in [6.07, 6.45) is 2.81. The summed E-state index contributed by atoms with van der Waals surface area (Å²) in [4.78, 5) is 14.2. The standard InChI is InChI=1S/C18H26N2O3/c1-18(2,3)23-17(21)20-9-4-5-15(20)12-19-14-6-7-16-13(11-14)8-10-22-16/h6-7,11,15,19H,4-5,8-10,12H2,1-3H3. The Balaban J connectivity index is 1.57. The second-order valence-corrected chi connectivity index (χ2v) is 7.27. The Morgan fingerprint density at radius 1 is 1.43 bits per heavy atom. The predicted molar refractivity (Wildman–Crippen MR) is 90.1 cm³/mol. The van der Waals surface area contributed by atoms with E-state index >= 15 is 0 Å². The van der Waals surface area contributed by atoms with Gasteiger partial charge in [-0.2, -0.15) is 0 Å². The molecule has 126 valence electrons. The number of fused-ring (bicyclic) bond motifs is 1. The number of likely N-dealkylation sites (tertiary alicyclic amines) is 1. The van der Waals surface area contributed by atoms with Crippen molar-refractivity contribution in [1.29, 1.82) is 0 Å². The fourth-order valence-corrected chi connectivity index (χ4v) is 3.14. The maximum Gasteiger partial charge on any atom is 0.410 e. The lowest BCUT2D eigenvalue weighted by Gasteiger charge is -2.29. The van der Waals surface area contributed by atoms with Crippen LogP contribution in [0.1, 0.15) is 39.2 Å². The first-order valence-electron chi connectivity index (χ1n) is 8.41. The van der Waals surface area contributed by atoms with Crippen LogP contribution in [0.5, 0.6) is 5.75 Å². The summed E-state index contributed by atoms with van der Waals surface area (Å²) in [6.45, 7) is 8.01. The lowest BCUT2D eigenvalue weighted by molar-refractivity contribution is 0.0235. The van der Waals surface area contributed by atoms with Gasteiger partial charge in [-0.3, -0.25) is 0 Å². The zero-order valence-electron chi connectivity index (χ0n) is 14.2. The molecule has 0 saturated carbocycles. The molecule has 1 aromatic rings. The molecule has 5 heteroatoms. The maximum atomic E-state index is 12.3. The van der Waals surface area contributed by atoms with Crippen molar-refractivity contribution >= 4 is 11.8 Å². The molecule has 1 amide bonds. The molecule has 0 spiro atoms. The van der Waals surface area contributed by atoms with Gasteiger partial charge in [-0.1, -0.05) is 0 Å². The van der Waals surface area contributed by atoms with E-state index < -0.39 is 5.60 Å². The molecule has 1 N–H and O–H groups in total. The molecule has 1 aromatic carbocycles. The third-order valence-corrected chi connectivity index (χ3v) is 4.24. The molecule has 1 saturated heterocycles. The lowest BCUT2D eigenvalue weighted by atomic mass is 10.1. The summed E-state index contributed by atoms with van der Waals surface area (Å²) >= 11 is 0. The van der Waals surface area contributed by atoms with Crippen LogP contribution in [-0.2, 0) is 11.2 Å². The molecule has 0 aliphatic carbocycles. The summed E-state index contributed by atoms with van der Waals surface area (Å²) in [6, 6.07) is 6.39. The first kappa shape index (κ1) is 16.0. The monoisotopic (exact) mass is 318 g/mol. The first-order chi connectivity index (χ1) is 10.9. The third kappa shape index (κ3) is 3.89. The van der Waals surface area contributed by atoms with E-state index in [-0.39, 0.29) is 12.1 Å². The Labute approximate surface area is 137 Å². The molecule has 3 rings (SSSR count). The van der Waals surface area contributed by atoms with Crippen LogP contribution in [0.4, 0.5) is 10.5 Å². The highest BCUT2D eigenvalue weighted by Crippen LogP contribution is 2.28. The lowest BCUT2D eigenvalue weighted by Crippen LogP contribution is -2.42. The van der Waals surface area contributed by atoms with E-state index in [1.54, 1.807) is 0 Å². The van der Waals surface area contributed by atoms with Gasteiger partial charge in [0.2, 0.25) is 0 Å². The zero-order valence-corrected chi connectivity index (χ0v) is 14.2. The molecule has 0 aromatic heterocycles. The molecule has 1 atom stereocenters. The van der Waals surface area contributed by atoms with Crippen LogP contribution in [0, 0.1) is 0 Å². The predicted octanol–water partition coefficient (Wildman–Crippen LogP) is 3.43. The van der Waals surface area contributed by atoms with Crippen molar-refractivity contribution < 1.29 is 14.3 Å². The fourth-order valence-electron chi connectivity index (χ4n) is 3.14.